The molecule has 8 nitrogen and oxygen atoms in total. The summed E-state index contributed by atoms with van der Waals surface area (Å²) in [5, 5.41) is 20.9. The largest absolute Gasteiger partial charge is 0.378 e. The van der Waals surface area contributed by atoms with E-state index in [-0.39, 0.29) is 18.0 Å². The lowest BCUT2D eigenvalue weighted by molar-refractivity contribution is -0.384. The molecule has 2 N–H and O–H groups in total. The summed E-state index contributed by atoms with van der Waals surface area (Å²) in [7, 11) is 0. The Morgan fingerprint density at radius 1 is 1.48 bits per heavy atom. The second-order valence-corrected chi connectivity index (χ2v) is 4.70. The third kappa shape index (κ3) is 2.69. The maximum Gasteiger partial charge on any atom is 0.292 e. The molecule has 1 aromatic carbocycles. The molecule has 0 atom stereocenters. The van der Waals surface area contributed by atoms with Crippen LogP contribution in [0.2, 0.25) is 0 Å². The van der Waals surface area contributed by atoms with Gasteiger partial charge in [0, 0.05) is 30.7 Å². The van der Waals surface area contributed by atoms with E-state index < -0.39 is 4.92 Å². The summed E-state index contributed by atoms with van der Waals surface area (Å²) in [4.78, 5) is 22.0. The molecule has 21 heavy (non-hydrogen) atoms. The molecule has 0 fully saturated rings. The zero-order chi connectivity index (χ0) is 14.8. The van der Waals surface area contributed by atoms with Crippen LogP contribution in [0.1, 0.15) is 5.56 Å². The number of nitro groups is 1. The van der Waals surface area contributed by atoms with Crippen LogP contribution < -0.4 is 10.6 Å². The molecule has 1 aliphatic rings. The minimum atomic E-state index is -0.445. The van der Waals surface area contributed by atoms with Crippen molar-refractivity contribution in [3.63, 3.8) is 0 Å². The highest BCUT2D eigenvalue weighted by molar-refractivity contribution is 6.00. The number of nitrogens with zero attached hydrogens (tertiary/aromatic N) is 3. The molecule has 1 amide bonds. The smallest absolute Gasteiger partial charge is 0.292 e. The highest BCUT2D eigenvalue weighted by Gasteiger charge is 2.24. The SMILES string of the molecule is O=C1Cc2cc([N+](=O)[O-])c(NCCn3cccn3)cc2N1. The van der Waals surface area contributed by atoms with Gasteiger partial charge in [-0.25, -0.2) is 0 Å². The topological polar surface area (TPSA) is 102 Å². The summed E-state index contributed by atoms with van der Waals surface area (Å²) in [6.45, 7) is 1.09. The van der Waals surface area contributed by atoms with Crippen molar-refractivity contribution in [2.24, 2.45) is 0 Å². The minimum Gasteiger partial charge on any atom is -0.378 e. The van der Waals surface area contributed by atoms with Gasteiger partial charge >= 0.3 is 0 Å². The number of amides is 1. The normalized spacial score (nSPS) is 12.9. The summed E-state index contributed by atoms with van der Waals surface area (Å²) < 4.78 is 1.73. The lowest BCUT2D eigenvalue weighted by Crippen LogP contribution is -2.12. The van der Waals surface area contributed by atoms with Gasteiger partial charge in [-0.1, -0.05) is 0 Å². The van der Waals surface area contributed by atoms with E-state index in [0.29, 0.717) is 30.0 Å². The summed E-state index contributed by atoms with van der Waals surface area (Å²) in [6, 6.07) is 4.87. The zero-order valence-corrected chi connectivity index (χ0v) is 11.1. The fourth-order valence-corrected chi connectivity index (χ4v) is 2.29. The first-order chi connectivity index (χ1) is 10.1. The van der Waals surface area contributed by atoms with Crippen molar-refractivity contribution >= 4 is 23.0 Å². The van der Waals surface area contributed by atoms with Gasteiger partial charge in [-0.3, -0.25) is 19.6 Å². The van der Waals surface area contributed by atoms with Crippen LogP contribution in [0, 0.1) is 10.1 Å². The average Bonchev–Trinajstić information content (AvgIpc) is 3.05. The Morgan fingerprint density at radius 2 is 2.33 bits per heavy atom. The van der Waals surface area contributed by atoms with Crippen LogP contribution in [-0.4, -0.2) is 27.2 Å². The van der Waals surface area contributed by atoms with Gasteiger partial charge in [0.2, 0.25) is 5.91 Å². The van der Waals surface area contributed by atoms with Gasteiger partial charge in [-0.2, -0.15) is 5.10 Å². The van der Waals surface area contributed by atoms with Gasteiger partial charge in [0.15, 0.2) is 0 Å². The molecule has 1 aliphatic heterocycles. The van der Waals surface area contributed by atoms with Crippen LogP contribution in [0.3, 0.4) is 0 Å². The molecular weight excluding hydrogens is 274 g/mol. The van der Waals surface area contributed by atoms with Gasteiger partial charge in [-0.15, -0.1) is 0 Å². The van der Waals surface area contributed by atoms with Crippen LogP contribution in [0.4, 0.5) is 17.1 Å². The third-order valence-corrected chi connectivity index (χ3v) is 3.26. The van der Waals surface area contributed by atoms with E-state index in [1.807, 2.05) is 12.3 Å². The molecule has 108 valence electrons. The van der Waals surface area contributed by atoms with Gasteiger partial charge in [0.25, 0.3) is 5.69 Å². The van der Waals surface area contributed by atoms with Gasteiger partial charge in [-0.05, 0) is 17.7 Å². The van der Waals surface area contributed by atoms with E-state index in [4.69, 9.17) is 0 Å². The van der Waals surface area contributed by atoms with Gasteiger partial charge in [0.1, 0.15) is 5.69 Å². The second-order valence-electron chi connectivity index (χ2n) is 4.70. The molecule has 2 heterocycles. The van der Waals surface area contributed by atoms with E-state index in [9.17, 15) is 14.9 Å². The fourth-order valence-electron chi connectivity index (χ4n) is 2.29. The molecule has 0 saturated heterocycles. The second kappa shape index (κ2) is 5.23. The predicted octanol–water partition coefficient (Wildman–Crippen LogP) is 1.40. The Labute approximate surface area is 119 Å². The molecule has 8 heteroatoms. The number of nitrogens with one attached hydrogen (secondary N) is 2. The molecule has 0 unspecified atom stereocenters. The quantitative estimate of drug-likeness (QED) is 0.639. The van der Waals surface area contributed by atoms with Crippen LogP contribution >= 0.6 is 0 Å². The Morgan fingerprint density at radius 3 is 3.05 bits per heavy atom. The number of rotatable bonds is 5. The van der Waals surface area contributed by atoms with Gasteiger partial charge < -0.3 is 10.6 Å². The maximum absolute atomic E-state index is 11.3. The molecule has 2 aromatic rings. The molecule has 0 spiro atoms. The number of carbonyl (C=O) groups is 1. The molecule has 0 radical (unpaired) electrons. The van der Waals surface area contributed by atoms with Crippen molar-refractivity contribution in [1.29, 1.82) is 0 Å². The van der Waals surface area contributed by atoms with E-state index in [2.05, 4.69) is 15.7 Å². The molecule has 1 aromatic heterocycles. The number of carbonyl (C=O) groups excluding carboxylic acids is 1. The monoisotopic (exact) mass is 287 g/mol. The van der Waals surface area contributed by atoms with Crippen molar-refractivity contribution in [1.82, 2.24) is 9.78 Å². The number of hydrogen-bond acceptors (Lipinski definition) is 5. The fraction of sp³-hybridized carbons (Fsp3) is 0.231. The Bertz CT molecular complexity index is 696. The zero-order valence-electron chi connectivity index (χ0n) is 11.1. The molecule has 0 bridgehead atoms. The molecular formula is C13H13N5O3. The summed E-state index contributed by atoms with van der Waals surface area (Å²) in [5.74, 6) is -0.145. The van der Waals surface area contributed by atoms with E-state index in [1.54, 1.807) is 16.9 Å². The van der Waals surface area contributed by atoms with Crippen LogP contribution in [0.15, 0.2) is 30.6 Å². The number of hydrogen-bond donors (Lipinski definition) is 2. The Hall–Kier alpha value is -2.90. The number of anilines is 2. The number of benzene rings is 1. The third-order valence-electron chi connectivity index (χ3n) is 3.26. The van der Waals surface area contributed by atoms with Crippen LogP contribution in [-0.2, 0) is 17.8 Å². The Kier molecular flexibility index (Phi) is 3.27. The van der Waals surface area contributed by atoms with Crippen LogP contribution in [0.25, 0.3) is 0 Å². The standard InChI is InChI=1S/C13H13N5O3/c19-13-7-9-6-12(18(20)21)11(8-10(9)16-13)14-3-5-17-4-1-2-15-17/h1-2,4,6,8,14H,3,5,7H2,(H,16,19). The summed E-state index contributed by atoms with van der Waals surface area (Å²) in [5.41, 5.74) is 1.66. The van der Waals surface area contributed by atoms with Crippen molar-refractivity contribution in [3.8, 4) is 0 Å². The number of aromatic nitrogens is 2. The highest BCUT2D eigenvalue weighted by Crippen LogP contribution is 2.34. The summed E-state index contributed by atoms with van der Waals surface area (Å²) in [6.07, 6.45) is 3.68. The van der Waals surface area contributed by atoms with E-state index >= 15 is 0 Å². The van der Waals surface area contributed by atoms with Crippen molar-refractivity contribution in [3.05, 3.63) is 46.3 Å². The minimum absolute atomic E-state index is 0.0225. The summed E-state index contributed by atoms with van der Waals surface area (Å²) >= 11 is 0. The van der Waals surface area contributed by atoms with E-state index in [0.717, 1.165) is 0 Å². The average molecular weight is 287 g/mol. The van der Waals surface area contributed by atoms with Crippen LogP contribution in [0.5, 0.6) is 0 Å². The molecule has 0 saturated carbocycles. The lowest BCUT2D eigenvalue weighted by atomic mass is 10.1. The molecule has 3 rings (SSSR count). The van der Waals surface area contributed by atoms with Gasteiger partial charge in [0.05, 0.1) is 17.9 Å². The number of nitro benzene ring substituents is 1. The maximum atomic E-state index is 11.3. The first-order valence-corrected chi connectivity index (χ1v) is 6.46. The first-order valence-electron chi connectivity index (χ1n) is 6.46. The molecule has 0 aliphatic carbocycles. The number of fused-ring (bicyclic) bond motifs is 1. The first kappa shape index (κ1) is 13.1. The lowest BCUT2D eigenvalue weighted by Gasteiger charge is -2.09. The van der Waals surface area contributed by atoms with E-state index in [1.165, 1.54) is 6.07 Å². The van der Waals surface area contributed by atoms with Crippen molar-refractivity contribution < 1.29 is 9.72 Å². The Balaban J connectivity index is 1.78. The predicted molar refractivity (Wildman–Crippen MR) is 76.1 cm³/mol. The van der Waals surface area contributed by atoms with Crippen molar-refractivity contribution in [2.75, 3.05) is 17.2 Å². The van der Waals surface area contributed by atoms with Crippen molar-refractivity contribution in [2.45, 2.75) is 13.0 Å². The highest BCUT2D eigenvalue weighted by atomic mass is 16.6.